The lowest BCUT2D eigenvalue weighted by Crippen LogP contribution is -2.32. The zero-order valence-electron chi connectivity index (χ0n) is 8.40. The van der Waals surface area contributed by atoms with Gasteiger partial charge in [-0.05, 0) is 17.7 Å². The predicted octanol–water partition coefficient (Wildman–Crippen LogP) is 1.26. The number of nitrogens with two attached hydrogens (primary N) is 1. The van der Waals surface area contributed by atoms with E-state index in [9.17, 15) is 9.18 Å². The average Bonchev–Trinajstić information content (AvgIpc) is 2.63. The SMILES string of the molecule is N[C@@H](Cc1c[nH]c2cccc(F)c12)C(=O)O. The Morgan fingerprint density at radius 3 is 3.00 bits per heavy atom. The fourth-order valence-electron chi connectivity index (χ4n) is 1.69. The normalized spacial score (nSPS) is 12.9. The van der Waals surface area contributed by atoms with E-state index in [1.54, 1.807) is 18.3 Å². The third-order valence-corrected chi connectivity index (χ3v) is 2.49. The number of aromatic nitrogens is 1. The highest BCUT2D eigenvalue weighted by Crippen LogP contribution is 2.22. The van der Waals surface area contributed by atoms with E-state index in [-0.39, 0.29) is 12.2 Å². The van der Waals surface area contributed by atoms with Crippen molar-refractivity contribution in [2.75, 3.05) is 0 Å². The molecule has 4 N–H and O–H groups in total. The lowest BCUT2D eigenvalue weighted by atomic mass is 10.1. The summed E-state index contributed by atoms with van der Waals surface area (Å²) in [6.07, 6.45) is 1.70. The van der Waals surface area contributed by atoms with Gasteiger partial charge in [0.05, 0.1) is 0 Å². The zero-order valence-corrected chi connectivity index (χ0v) is 8.40. The molecule has 0 fully saturated rings. The molecular formula is C11H11FN2O2. The summed E-state index contributed by atoms with van der Waals surface area (Å²) < 4.78 is 13.5. The van der Waals surface area contributed by atoms with E-state index < -0.39 is 12.0 Å². The van der Waals surface area contributed by atoms with Crippen molar-refractivity contribution in [3.63, 3.8) is 0 Å². The number of aliphatic carboxylic acids is 1. The molecule has 1 aromatic carbocycles. The number of aromatic amines is 1. The first kappa shape index (κ1) is 10.6. The molecule has 0 aliphatic heterocycles. The Morgan fingerprint density at radius 2 is 2.31 bits per heavy atom. The minimum Gasteiger partial charge on any atom is -0.480 e. The highest BCUT2D eigenvalue weighted by molar-refractivity contribution is 5.84. The van der Waals surface area contributed by atoms with Crippen molar-refractivity contribution in [1.82, 2.24) is 4.98 Å². The van der Waals surface area contributed by atoms with E-state index in [0.29, 0.717) is 16.5 Å². The molecule has 0 saturated carbocycles. The number of carbonyl (C=O) groups is 1. The second-order valence-electron chi connectivity index (χ2n) is 3.63. The minimum absolute atomic E-state index is 0.107. The first-order valence-corrected chi connectivity index (χ1v) is 4.82. The summed E-state index contributed by atoms with van der Waals surface area (Å²) in [5.41, 5.74) is 6.64. The number of rotatable bonds is 3. The zero-order chi connectivity index (χ0) is 11.7. The fraction of sp³-hybridized carbons (Fsp3) is 0.182. The van der Waals surface area contributed by atoms with Crippen LogP contribution in [0, 0.1) is 5.82 Å². The van der Waals surface area contributed by atoms with Crippen molar-refractivity contribution in [1.29, 1.82) is 0 Å². The molecule has 0 unspecified atom stereocenters. The first-order chi connectivity index (χ1) is 7.59. The van der Waals surface area contributed by atoms with Crippen LogP contribution in [0.3, 0.4) is 0 Å². The van der Waals surface area contributed by atoms with Crippen molar-refractivity contribution < 1.29 is 14.3 Å². The number of fused-ring (bicyclic) bond motifs is 1. The van der Waals surface area contributed by atoms with Crippen LogP contribution in [0.4, 0.5) is 4.39 Å². The Hall–Kier alpha value is -1.88. The van der Waals surface area contributed by atoms with Crippen LogP contribution in [0.15, 0.2) is 24.4 Å². The Balaban J connectivity index is 2.42. The van der Waals surface area contributed by atoms with Crippen LogP contribution in [0.5, 0.6) is 0 Å². The van der Waals surface area contributed by atoms with E-state index >= 15 is 0 Å². The number of halogens is 1. The summed E-state index contributed by atoms with van der Waals surface area (Å²) in [6, 6.07) is 3.65. The fourth-order valence-corrected chi connectivity index (χ4v) is 1.69. The Bertz CT molecular complexity index is 536. The van der Waals surface area contributed by atoms with Crippen LogP contribution in [0.2, 0.25) is 0 Å². The molecule has 1 heterocycles. The smallest absolute Gasteiger partial charge is 0.320 e. The second-order valence-corrected chi connectivity index (χ2v) is 3.63. The van der Waals surface area contributed by atoms with Crippen LogP contribution in [0.1, 0.15) is 5.56 Å². The number of benzene rings is 1. The van der Waals surface area contributed by atoms with Gasteiger partial charge in [0.15, 0.2) is 0 Å². The highest BCUT2D eigenvalue weighted by atomic mass is 19.1. The van der Waals surface area contributed by atoms with Crippen LogP contribution < -0.4 is 5.73 Å². The molecule has 2 aromatic rings. The molecule has 84 valence electrons. The largest absolute Gasteiger partial charge is 0.480 e. The quantitative estimate of drug-likeness (QED) is 0.731. The van der Waals surface area contributed by atoms with Crippen molar-refractivity contribution >= 4 is 16.9 Å². The van der Waals surface area contributed by atoms with Gasteiger partial charge in [0.25, 0.3) is 0 Å². The van der Waals surface area contributed by atoms with Crippen LogP contribution in [-0.4, -0.2) is 22.1 Å². The van der Waals surface area contributed by atoms with Gasteiger partial charge in [-0.25, -0.2) is 4.39 Å². The number of nitrogens with one attached hydrogen (secondary N) is 1. The van der Waals surface area contributed by atoms with Gasteiger partial charge in [0.1, 0.15) is 11.9 Å². The van der Waals surface area contributed by atoms with Gasteiger partial charge < -0.3 is 15.8 Å². The molecule has 5 heteroatoms. The molecule has 2 rings (SSSR count). The van der Waals surface area contributed by atoms with Gasteiger partial charge >= 0.3 is 5.97 Å². The van der Waals surface area contributed by atoms with Crippen molar-refractivity contribution in [3.8, 4) is 0 Å². The van der Waals surface area contributed by atoms with Gasteiger partial charge in [-0.3, -0.25) is 4.79 Å². The Kier molecular flexibility index (Phi) is 2.62. The summed E-state index contributed by atoms with van der Waals surface area (Å²) >= 11 is 0. The first-order valence-electron chi connectivity index (χ1n) is 4.82. The number of H-pyrrole nitrogens is 1. The third-order valence-electron chi connectivity index (χ3n) is 2.49. The number of carboxylic acids is 1. The minimum atomic E-state index is -1.09. The number of hydrogen-bond acceptors (Lipinski definition) is 2. The molecule has 0 radical (unpaired) electrons. The average molecular weight is 222 g/mol. The topological polar surface area (TPSA) is 79.1 Å². The molecule has 1 aromatic heterocycles. The van der Waals surface area contributed by atoms with Crippen LogP contribution in [-0.2, 0) is 11.2 Å². The Morgan fingerprint density at radius 1 is 1.56 bits per heavy atom. The van der Waals surface area contributed by atoms with Crippen molar-refractivity contribution in [2.45, 2.75) is 12.5 Å². The number of hydrogen-bond donors (Lipinski definition) is 3. The predicted molar refractivity (Wildman–Crippen MR) is 57.6 cm³/mol. The van der Waals surface area contributed by atoms with Gasteiger partial charge in [-0.1, -0.05) is 6.07 Å². The van der Waals surface area contributed by atoms with E-state index in [1.165, 1.54) is 6.07 Å². The van der Waals surface area contributed by atoms with Crippen molar-refractivity contribution in [3.05, 3.63) is 35.8 Å². The van der Waals surface area contributed by atoms with Crippen molar-refractivity contribution in [2.24, 2.45) is 5.73 Å². The number of carboxylic acid groups (broad SMARTS) is 1. The van der Waals surface area contributed by atoms with Gasteiger partial charge in [0.2, 0.25) is 0 Å². The Labute approximate surface area is 90.9 Å². The van der Waals surface area contributed by atoms with Gasteiger partial charge in [-0.15, -0.1) is 0 Å². The lowest BCUT2D eigenvalue weighted by Gasteiger charge is -2.05. The monoisotopic (exact) mass is 222 g/mol. The molecule has 0 aliphatic carbocycles. The molecule has 0 aliphatic rings. The maximum absolute atomic E-state index is 13.5. The molecule has 0 saturated heterocycles. The van der Waals surface area contributed by atoms with E-state index in [1.807, 2.05) is 0 Å². The summed E-state index contributed by atoms with van der Waals surface area (Å²) in [6.45, 7) is 0. The van der Waals surface area contributed by atoms with E-state index in [4.69, 9.17) is 10.8 Å². The molecule has 1 atom stereocenters. The molecule has 4 nitrogen and oxygen atoms in total. The molecular weight excluding hydrogens is 211 g/mol. The molecule has 0 bridgehead atoms. The molecule has 16 heavy (non-hydrogen) atoms. The van der Waals surface area contributed by atoms with Crippen LogP contribution in [0.25, 0.3) is 10.9 Å². The van der Waals surface area contributed by atoms with E-state index in [2.05, 4.69) is 4.98 Å². The second kappa shape index (κ2) is 3.94. The molecule has 0 spiro atoms. The van der Waals surface area contributed by atoms with Gasteiger partial charge in [-0.2, -0.15) is 0 Å². The standard InChI is InChI=1S/C11H11FN2O2/c12-7-2-1-3-9-10(7)6(5-14-9)4-8(13)11(15)16/h1-3,5,8,14H,4,13H2,(H,15,16)/t8-/m0/s1. The summed E-state index contributed by atoms with van der Waals surface area (Å²) in [7, 11) is 0. The van der Waals surface area contributed by atoms with Crippen LogP contribution >= 0.6 is 0 Å². The van der Waals surface area contributed by atoms with E-state index in [0.717, 1.165) is 0 Å². The highest BCUT2D eigenvalue weighted by Gasteiger charge is 2.16. The summed E-state index contributed by atoms with van der Waals surface area (Å²) in [4.78, 5) is 13.5. The lowest BCUT2D eigenvalue weighted by molar-refractivity contribution is -0.138. The summed E-state index contributed by atoms with van der Waals surface area (Å²) in [5, 5.41) is 9.11. The summed E-state index contributed by atoms with van der Waals surface area (Å²) in [5.74, 6) is -1.46. The molecule has 0 amide bonds. The maximum atomic E-state index is 13.5. The maximum Gasteiger partial charge on any atom is 0.320 e. The van der Waals surface area contributed by atoms with Gasteiger partial charge in [0, 0.05) is 23.5 Å². The third kappa shape index (κ3) is 1.77.